The maximum Gasteiger partial charge on any atom is 0.257 e. The SMILES string of the molecule is CC(C)NC(=O)c1c(N)ncc2scnc12. The number of fused-ring (bicyclic) bond motifs is 1. The first-order valence-electron chi connectivity index (χ1n) is 4.88. The molecule has 0 unspecified atom stereocenters. The average Bonchev–Trinajstić information content (AvgIpc) is 2.63. The van der Waals surface area contributed by atoms with Crippen LogP contribution in [0.3, 0.4) is 0 Å². The number of nitrogens with one attached hydrogen (secondary N) is 1. The van der Waals surface area contributed by atoms with Gasteiger partial charge < -0.3 is 11.1 Å². The molecule has 0 bridgehead atoms. The Morgan fingerprint density at radius 3 is 2.94 bits per heavy atom. The molecule has 2 aromatic heterocycles. The predicted octanol–water partition coefficient (Wildman–Crippen LogP) is 1.41. The molecule has 0 saturated heterocycles. The van der Waals surface area contributed by atoms with Crippen molar-refractivity contribution < 1.29 is 4.79 Å². The van der Waals surface area contributed by atoms with Crippen molar-refractivity contribution in [2.24, 2.45) is 0 Å². The van der Waals surface area contributed by atoms with Gasteiger partial charge in [0.05, 0.1) is 15.7 Å². The summed E-state index contributed by atoms with van der Waals surface area (Å²) in [4.78, 5) is 20.1. The third-order valence-corrected chi connectivity index (χ3v) is 2.82. The Labute approximate surface area is 96.7 Å². The summed E-state index contributed by atoms with van der Waals surface area (Å²) < 4.78 is 0.864. The van der Waals surface area contributed by atoms with Crippen LogP contribution in [0.5, 0.6) is 0 Å². The van der Waals surface area contributed by atoms with Crippen molar-refractivity contribution >= 4 is 33.3 Å². The summed E-state index contributed by atoms with van der Waals surface area (Å²) in [7, 11) is 0. The summed E-state index contributed by atoms with van der Waals surface area (Å²) in [5.41, 5.74) is 8.38. The molecule has 0 atom stereocenters. The van der Waals surface area contributed by atoms with Crippen LogP contribution in [-0.4, -0.2) is 21.9 Å². The highest BCUT2D eigenvalue weighted by atomic mass is 32.1. The van der Waals surface area contributed by atoms with E-state index in [2.05, 4.69) is 15.3 Å². The van der Waals surface area contributed by atoms with Gasteiger partial charge in [0.15, 0.2) is 0 Å². The highest BCUT2D eigenvalue weighted by Crippen LogP contribution is 2.23. The third kappa shape index (κ3) is 1.83. The first kappa shape index (κ1) is 10.8. The standard InChI is InChI=1S/C10H12N4OS/c1-5(2)14-10(15)7-8-6(16-4-13-8)3-12-9(7)11/h3-5H,1-2H3,(H2,11,12)(H,14,15). The van der Waals surface area contributed by atoms with E-state index in [-0.39, 0.29) is 17.8 Å². The molecule has 0 aliphatic carbocycles. The summed E-state index contributed by atoms with van der Waals surface area (Å²) in [6, 6.07) is 0.0563. The summed E-state index contributed by atoms with van der Waals surface area (Å²) in [5, 5.41) is 2.79. The normalized spacial score (nSPS) is 10.9. The van der Waals surface area contributed by atoms with E-state index < -0.39 is 0 Å². The van der Waals surface area contributed by atoms with Crippen LogP contribution in [0.2, 0.25) is 0 Å². The molecule has 6 heteroatoms. The lowest BCUT2D eigenvalue weighted by Crippen LogP contribution is -2.31. The van der Waals surface area contributed by atoms with Gasteiger partial charge in [-0.2, -0.15) is 0 Å². The van der Waals surface area contributed by atoms with Gasteiger partial charge in [0, 0.05) is 12.2 Å². The molecule has 16 heavy (non-hydrogen) atoms. The maximum atomic E-state index is 11.9. The van der Waals surface area contributed by atoms with E-state index in [0.29, 0.717) is 11.1 Å². The number of anilines is 1. The Hall–Kier alpha value is -1.69. The van der Waals surface area contributed by atoms with Gasteiger partial charge in [0.1, 0.15) is 11.4 Å². The fourth-order valence-corrected chi connectivity index (χ4v) is 2.06. The number of carbonyl (C=O) groups excluding carboxylic acids is 1. The highest BCUT2D eigenvalue weighted by molar-refractivity contribution is 7.16. The smallest absolute Gasteiger partial charge is 0.257 e. The van der Waals surface area contributed by atoms with E-state index >= 15 is 0 Å². The zero-order valence-electron chi connectivity index (χ0n) is 9.02. The molecule has 0 aliphatic rings. The molecule has 0 spiro atoms. The third-order valence-electron chi connectivity index (χ3n) is 2.06. The van der Waals surface area contributed by atoms with E-state index in [1.54, 1.807) is 11.7 Å². The second kappa shape index (κ2) is 4.05. The minimum atomic E-state index is -0.225. The Morgan fingerprint density at radius 2 is 2.25 bits per heavy atom. The van der Waals surface area contributed by atoms with Crippen molar-refractivity contribution in [2.75, 3.05) is 5.73 Å². The van der Waals surface area contributed by atoms with Crippen LogP contribution in [-0.2, 0) is 0 Å². The van der Waals surface area contributed by atoms with Gasteiger partial charge in [-0.3, -0.25) is 4.79 Å². The molecule has 0 fully saturated rings. The van der Waals surface area contributed by atoms with Gasteiger partial charge in [-0.15, -0.1) is 11.3 Å². The Balaban J connectivity index is 2.53. The number of thiazole rings is 1. The number of pyridine rings is 1. The van der Waals surface area contributed by atoms with Crippen molar-refractivity contribution in [2.45, 2.75) is 19.9 Å². The summed E-state index contributed by atoms with van der Waals surface area (Å²) in [5.74, 6) is -0.00644. The van der Waals surface area contributed by atoms with Crippen LogP contribution in [0.4, 0.5) is 5.82 Å². The van der Waals surface area contributed by atoms with E-state index in [4.69, 9.17) is 5.73 Å². The van der Waals surface area contributed by atoms with Gasteiger partial charge in [-0.25, -0.2) is 9.97 Å². The van der Waals surface area contributed by atoms with Gasteiger partial charge >= 0.3 is 0 Å². The summed E-state index contributed by atoms with van der Waals surface area (Å²) in [6.45, 7) is 3.78. The number of nitrogens with two attached hydrogens (primary N) is 1. The Bertz CT molecular complexity index is 535. The summed E-state index contributed by atoms with van der Waals surface area (Å²) in [6.07, 6.45) is 1.63. The Morgan fingerprint density at radius 1 is 1.50 bits per heavy atom. The largest absolute Gasteiger partial charge is 0.383 e. The first-order chi connectivity index (χ1) is 7.59. The van der Waals surface area contributed by atoms with Crippen LogP contribution in [0.15, 0.2) is 11.7 Å². The maximum absolute atomic E-state index is 11.9. The number of hydrogen-bond donors (Lipinski definition) is 2. The van der Waals surface area contributed by atoms with Gasteiger partial charge in [-0.05, 0) is 13.8 Å². The number of nitrogens with zero attached hydrogens (tertiary/aromatic N) is 2. The van der Waals surface area contributed by atoms with Gasteiger partial charge in [0.2, 0.25) is 0 Å². The van der Waals surface area contributed by atoms with Crippen LogP contribution >= 0.6 is 11.3 Å². The lowest BCUT2D eigenvalue weighted by molar-refractivity contribution is 0.0945. The van der Waals surface area contributed by atoms with Crippen molar-refractivity contribution in [3.05, 3.63) is 17.3 Å². The van der Waals surface area contributed by atoms with Crippen LogP contribution < -0.4 is 11.1 Å². The van der Waals surface area contributed by atoms with Crippen molar-refractivity contribution in [3.63, 3.8) is 0 Å². The zero-order valence-corrected chi connectivity index (χ0v) is 9.84. The number of aromatic nitrogens is 2. The van der Waals surface area contributed by atoms with E-state index in [9.17, 15) is 4.79 Å². The topological polar surface area (TPSA) is 80.9 Å². The quantitative estimate of drug-likeness (QED) is 0.826. The van der Waals surface area contributed by atoms with Crippen molar-refractivity contribution in [3.8, 4) is 0 Å². The molecule has 0 aliphatic heterocycles. The minimum Gasteiger partial charge on any atom is -0.383 e. The van der Waals surface area contributed by atoms with Crippen LogP contribution in [0, 0.1) is 0 Å². The van der Waals surface area contributed by atoms with Crippen molar-refractivity contribution in [1.29, 1.82) is 0 Å². The second-order valence-corrected chi connectivity index (χ2v) is 4.60. The van der Waals surface area contributed by atoms with Crippen LogP contribution in [0.1, 0.15) is 24.2 Å². The van der Waals surface area contributed by atoms with E-state index in [1.165, 1.54) is 11.3 Å². The molecule has 1 amide bonds. The zero-order chi connectivity index (χ0) is 11.7. The number of nitrogen functional groups attached to an aromatic ring is 1. The fraction of sp³-hybridized carbons (Fsp3) is 0.300. The van der Waals surface area contributed by atoms with Gasteiger partial charge in [-0.1, -0.05) is 0 Å². The van der Waals surface area contributed by atoms with Crippen molar-refractivity contribution in [1.82, 2.24) is 15.3 Å². The molecule has 0 aromatic carbocycles. The lowest BCUT2D eigenvalue weighted by atomic mass is 10.2. The second-order valence-electron chi connectivity index (χ2n) is 3.71. The molecular formula is C10H12N4OS. The fourth-order valence-electron chi connectivity index (χ4n) is 1.41. The molecule has 2 heterocycles. The first-order valence-corrected chi connectivity index (χ1v) is 5.76. The monoisotopic (exact) mass is 236 g/mol. The number of carbonyl (C=O) groups is 1. The number of hydrogen-bond acceptors (Lipinski definition) is 5. The van der Waals surface area contributed by atoms with Gasteiger partial charge in [0.25, 0.3) is 5.91 Å². The highest BCUT2D eigenvalue weighted by Gasteiger charge is 2.17. The predicted molar refractivity (Wildman–Crippen MR) is 64.4 cm³/mol. The minimum absolute atomic E-state index is 0.0563. The molecule has 0 saturated carbocycles. The summed E-state index contributed by atoms with van der Waals surface area (Å²) >= 11 is 1.44. The van der Waals surface area contributed by atoms with E-state index in [0.717, 1.165) is 4.70 Å². The molecule has 5 nitrogen and oxygen atoms in total. The molecule has 2 rings (SSSR count). The van der Waals surface area contributed by atoms with Crippen LogP contribution in [0.25, 0.3) is 10.2 Å². The number of rotatable bonds is 2. The molecule has 2 aromatic rings. The average molecular weight is 236 g/mol. The molecule has 0 radical (unpaired) electrons. The Kier molecular flexibility index (Phi) is 2.74. The molecular weight excluding hydrogens is 224 g/mol. The van der Waals surface area contributed by atoms with E-state index in [1.807, 2.05) is 13.8 Å². The lowest BCUT2D eigenvalue weighted by Gasteiger charge is -2.09. The molecule has 3 N–H and O–H groups in total. The number of amides is 1. The molecule has 84 valence electrons.